The molecule has 9 heteroatoms. The van der Waals surface area contributed by atoms with E-state index in [0.717, 1.165) is 9.44 Å². The summed E-state index contributed by atoms with van der Waals surface area (Å²) in [6, 6.07) is 16.8. The minimum absolute atomic E-state index is 0.192. The van der Waals surface area contributed by atoms with Crippen LogP contribution in [-0.4, -0.2) is 22.6 Å². The molecular weight excluding hydrogens is 427 g/mol. The number of para-hydroxylation sites is 2. The van der Waals surface area contributed by atoms with Crippen LogP contribution in [-0.2, 0) is 24.1 Å². The normalized spacial score (nSPS) is 11.6. The summed E-state index contributed by atoms with van der Waals surface area (Å²) in [4.78, 5) is 19.4. The zero-order valence-corrected chi connectivity index (χ0v) is 17.3. The Morgan fingerprint density at radius 2 is 1.84 bits per heavy atom. The number of imidazole rings is 1. The zero-order valence-electron chi connectivity index (χ0n) is 16.5. The number of halogens is 3. The zero-order chi connectivity index (χ0) is 22.0. The average molecular weight is 445 g/mol. The van der Waals surface area contributed by atoms with Crippen molar-refractivity contribution in [3.8, 4) is 5.75 Å². The maximum atomic E-state index is 13.6. The Bertz CT molecular complexity index is 1190. The molecule has 0 radical (unpaired) electrons. The van der Waals surface area contributed by atoms with E-state index in [1.165, 1.54) is 35.5 Å². The first kappa shape index (κ1) is 20.9. The molecule has 2 heterocycles. The Hall–Kier alpha value is -3.33. The first-order valence-corrected chi connectivity index (χ1v) is 10.2. The van der Waals surface area contributed by atoms with Crippen LogP contribution in [0, 0.1) is 0 Å². The van der Waals surface area contributed by atoms with Crippen LogP contribution in [0.5, 0.6) is 5.75 Å². The molecule has 5 nitrogen and oxygen atoms in total. The standard InChI is InChI=1S/C22H18F3N3O2S/c1-30-16-10-8-15(9-11-16)27(13-17-5-4-12-31-17)20(29)14-28-19-7-3-2-6-18(19)26-21(28)22(23,24)25/h2-12H,13-14H2,1H3. The molecule has 0 bridgehead atoms. The predicted octanol–water partition coefficient (Wildman–Crippen LogP) is 5.36. The van der Waals surface area contributed by atoms with Crippen LogP contribution in [0.25, 0.3) is 11.0 Å². The van der Waals surface area contributed by atoms with Crippen molar-refractivity contribution < 1.29 is 22.7 Å². The first-order chi connectivity index (χ1) is 14.9. The highest BCUT2D eigenvalue weighted by atomic mass is 32.1. The van der Waals surface area contributed by atoms with Crippen LogP contribution >= 0.6 is 11.3 Å². The number of aromatic nitrogens is 2. The number of anilines is 1. The van der Waals surface area contributed by atoms with E-state index in [2.05, 4.69) is 4.98 Å². The second kappa shape index (κ2) is 8.43. The third-order valence-electron chi connectivity index (χ3n) is 4.78. The summed E-state index contributed by atoms with van der Waals surface area (Å²) in [7, 11) is 1.53. The van der Waals surface area contributed by atoms with Gasteiger partial charge in [0.15, 0.2) is 0 Å². The maximum absolute atomic E-state index is 13.6. The molecule has 0 unspecified atom stereocenters. The van der Waals surface area contributed by atoms with Gasteiger partial charge in [0.2, 0.25) is 11.7 Å². The third-order valence-corrected chi connectivity index (χ3v) is 5.64. The number of alkyl halides is 3. The highest BCUT2D eigenvalue weighted by molar-refractivity contribution is 7.09. The lowest BCUT2D eigenvalue weighted by molar-refractivity contribution is -0.147. The molecule has 4 rings (SSSR count). The Morgan fingerprint density at radius 3 is 2.48 bits per heavy atom. The Labute approximate surface area is 180 Å². The van der Waals surface area contributed by atoms with Gasteiger partial charge in [-0.15, -0.1) is 11.3 Å². The van der Waals surface area contributed by atoms with Crippen molar-refractivity contribution in [1.82, 2.24) is 9.55 Å². The number of methoxy groups -OCH3 is 1. The molecule has 0 aliphatic heterocycles. The van der Waals surface area contributed by atoms with Gasteiger partial charge in [-0.1, -0.05) is 18.2 Å². The largest absolute Gasteiger partial charge is 0.497 e. The second-order valence-electron chi connectivity index (χ2n) is 6.77. The first-order valence-electron chi connectivity index (χ1n) is 9.36. The molecule has 2 aromatic carbocycles. The molecule has 0 fully saturated rings. The summed E-state index contributed by atoms with van der Waals surface area (Å²) in [5.41, 5.74) is 1.02. The number of carbonyl (C=O) groups excluding carboxylic acids is 1. The maximum Gasteiger partial charge on any atom is 0.449 e. The molecule has 0 aliphatic rings. The van der Waals surface area contributed by atoms with E-state index in [-0.39, 0.29) is 17.6 Å². The van der Waals surface area contributed by atoms with Gasteiger partial charge in [-0.25, -0.2) is 4.98 Å². The number of fused-ring (bicyclic) bond motifs is 1. The van der Waals surface area contributed by atoms with Crippen LogP contribution in [0.2, 0.25) is 0 Å². The van der Waals surface area contributed by atoms with Crippen LogP contribution in [0.3, 0.4) is 0 Å². The number of hydrogen-bond acceptors (Lipinski definition) is 4. The number of carbonyl (C=O) groups is 1. The molecule has 1 amide bonds. The van der Waals surface area contributed by atoms with E-state index >= 15 is 0 Å². The highest BCUT2D eigenvalue weighted by Gasteiger charge is 2.38. The monoisotopic (exact) mass is 445 g/mol. The average Bonchev–Trinajstić information content (AvgIpc) is 3.40. The van der Waals surface area contributed by atoms with E-state index in [9.17, 15) is 18.0 Å². The van der Waals surface area contributed by atoms with Crippen LogP contribution in [0.1, 0.15) is 10.7 Å². The fourth-order valence-electron chi connectivity index (χ4n) is 3.32. The molecule has 2 aromatic heterocycles. The Kier molecular flexibility index (Phi) is 5.69. The number of hydrogen-bond donors (Lipinski definition) is 0. The number of rotatable bonds is 6. The molecule has 4 aromatic rings. The van der Waals surface area contributed by atoms with Crippen LogP contribution in [0.15, 0.2) is 66.0 Å². The third kappa shape index (κ3) is 4.41. The number of thiophene rings is 1. The number of nitrogens with zero attached hydrogens (tertiary/aromatic N) is 3. The molecule has 0 N–H and O–H groups in total. The van der Waals surface area contributed by atoms with Gasteiger partial charge in [-0.3, -0.25) is 4.79 Å². The molecule has 0 saturated heterocycles. The number of ether oxygens (including phenoxy) is 1. The summed E-state index contributed by atoms with van der Waals surface area (Å²) in [6.07, 6.45) is -4.68. The van der Waals surface area contributed by atoms with Crippen molar-refractivity contribution in [3.63, 3.8) is 0 Å². The quantitative estimate of drug-likeness (QED) is 0.402. The Balaban J connectivity index is 1.72. The van der Waals surface area contributed by atoms with Gasteiger partial charge in [-0.05, 0) is 47.8 Å². The molecule has 0 aliphatic carbocycles. The lowest BCUT2D eigenvalue weighted by Crippen LogP contribution is -2.34. The number of benzene rings is 2. The van der Waals surface area contributed by atoms with Gasteiger partial charge in [0.05, 0.1) is 24.7 Å². The van der Waals surface area contributed by atoms with E-state index in [0.29, 0.717) is 11.4 Å². The topological polar surface area (TPSA) is 47.4 Å². The summed E-state index contributed by atoms with van der Waals surface area (Å²) < 4.78 is 47.0. The number of amides is 1. The lowest BCUT2D eigenvalue weighted by Gasteiger charge is -2.23. The smallest absolute Gasteiger partial charge is 0.449 e. The molecule has 0 atom stereocenters. The SMILES string of the molecule is COc1ccc(N(Cc2cccs2)C(=O)Cn2c(C(F)(F)F)nc3ccccc32)cc1. The van der Waals surface area contributed by atoms with Gasteiger partial charge in [0, 0.05) is 10.6 Å². The van der Waals surface area contributed by atoms with Gasteiger partial charge >= 0.3 is 6.18 Å². The second-order valence-corrected chi connectivity index (χ2v) is 7.80. The lowest BCUT2D eigenvalue weighted by atomic mass is 10.2. The van der Waals surface area contributed by atoms with Crippen molar-refractivity contribution >= 4 is 34.0 Å². The van der Waals surface area contributed by atoms with Gasteiger partial charge in [0.1, 0.15) is 12.3 Å². The van der Waals surface area contributed by atoms with E-state index in [4.69, 9.17) is 4.74 Å². The molecule has 0 saturated carbocycles. The summed E-state index contributed by atoms with van der Waals surface area (Å²) >= 11 is 1.47. The summed E-state index contributed by atoms with van der Waals surface area (Å²) in [5, 5.41) is 1.89. The van der Waals surface area contributed by atoms with Gasteiger partial charge in [0.25, 0.3) is 0 Å². The predicted molar refractivity (Wildman–Crippen MR) is 113 cm³/mol. The van der Waals surface area contributed by atoms with E-state index in [1.54, 1.807) is 36.4 Å². The minimum Gasteiger partial charge on any atom is -0.497 e. The van der Waals surface area contributed by atoms with E-state index < -0.39 is 24.5 Å². The van der Waals surface area contributed by atoms with Crippen molar-refractivity contribution in [2.24, 2.45) is 0 Å². The minimum atomic E-state index is -4.68. The van der Waals surface area contributed by atoms with Crippen molar-refractivity contribution in [2.75, 3.05) is 12.0 Å². The van der Waals surface area contributed by atoms with Gasteiger partial charge in [-0.2, -0.15) is 13.2 Å². The van der Waals surface area contributed by atoms with Crippen LogP contribution in [0.4, 0.5) is 18.9 Å². The van der Waals surface area contributed by atoms with Gasteiger partial charge < -0.3 is 14.2 Å². The molecule has 31 heavy (non-hydrogen) atoms. The van der Waals surface area contributed by atoms with E-state index in [1.807, 2.05) is 17.5 Å². The summed E-state index contributed by atoms with van der Waals surface area (Å²) in [6.45, 7) is -0.246. The molecular formula is C22H18F3N3O2S. The summed E-state index contributed by atoms with van der Waals surface area (Å²) in [5.74, 6) is -0.952. The van der Waals surface area contributed by atoms with Crippen molar-refractivity contribution in [3.05, 3.63) is 76.7 Å². The van der Waals surface area contributed by atoms with Crippen molar-refractivity contribution in [1.29, 1.82) is 0 Å². The van der Waals surface area contributed by atoms with Crippen LogP contribution < -0.4 is 9.64 Å². The molecule has 0 spiro atoms. The Morgan fingerprint density at radius 1 is 1.10 bits per heavy atom. The molecule has 160 valence electrons. The fraction of sp³-hybridized carbons (Fsp3) is 0.182. The van der Waals surface area contributed by atoms with Crippen molar-refractivity contribution in [2.45, 2.75) is 19.3 Å². The highest BCUT2D eigenvalue weighted by Crippen LogP contribution is 2.32. The fourth-order valence-corrected chi connectivity index (χ4v) is 4.01.